The molecule has 1 saturated heterocycles. The second-order valence-electron chi connectivity index (χ2n) is 6.33. The van der Waals surface area contributed by atoms with Crippen molar-refractivity contribution in [2.24, 2.45) is 0 Å². The lowest BCUT2D eigenvalue weighted by Crippen LogP contribution is -2.42. The molecule has 0 atom stereocenters. The normalized spacial score (nSPS) is 18.4. The zero-order valence-corrected chi connectivity index (χ0v) is 13.6. The second-order valence-corrected chi connectivity index (χ2v) is 7.31. The number of aromatic nitrogens is 2. The molecule has 1 N–H and O–H groups in total. The third-order valence-corrected chi connectivity index (χ3v) is 6.43. The highest BCUT2D eigenvalue weighted by Crippen LogP contribution is 2.55. The summed E-state index contributed by atoms with van der Waals surface area (Å²) in [6.07, 6.45) is 0. The molecule has 1 fully saturated rings. The summed E-state index contributed by atoms with van der Waals surface area (Å²) in [6, 6.07) is 16.9. The third-order valence-electron chi connectivity index (χ3n) is 5.03. The summed E-state index contributed by atoms with van der Waals surface area (Å²) in [5, 5.41) is 0. The Bertz CT molecular complexity index is 890. The molecule has 3 heterocycles. The van der Waals surface area contributed by atoms with Gasteiger partial charge >= 0.3 is 0 Å². The molecule has 0 aliphatic carbocycles. The molecule has 2 aliphatic heterocycles. The summed E-state index contributed by atoms with van der Waals surface area (Å²) in [4.78, 5) is 10.5. The lowest BCUT2D eigenvalue weighted by atomic mass is 9.83. The first-order valence-electron chi connectivity index (χ1n) is 7.86. The maximum absolute atomic E-state index is 4.73. The summed E-state index contributed by atoms with van der Waals surface area (Å²) < 4.78 is 0. The van der Waals surface area contributed by atoms with Crippen LogP contribution < -0.4 is 4.90 Å². The maximum atomic E-state index is 4.73. The van der Waals surface area contributed by atoms with Crippen LogP contribution >= 0.6 is 11.8 Å². The number of imidazole rings is 1. The predicted octanol–water partition coefficient (Wildman–Crippen LogP) is 4.08. The van der Waals surface area contributed by atoms with Crippen LogP contribution in [0, 0.1) is 0 Å². The minimum absolute atomic E-state index is 0.146. The van der Waals surface area contributed by atoms with Crippen molar-refractivity contribution >= 4 is 28.5 Å². The van der Waals surface area contributed by atoms with E-state index in [1.54, 1.807) is 0 Å². The number of hydrogen-bond donors (Lipinski definition) is 1. The Labute approximate surface area is 139 Å². The number of rotatable bonds is 2. The monoisotopic (exact) mass is 319 g/mol. The molecule has 1 aromatic heterocycles. The number of hydrogen-bond acceptors (Lipinski definition) is 3. The molecule has 0 amide bonds. The van der Waals surface area contributed by atoms with Crippen LogP contribution in [0.2, 0.25) is 0 Å². The predicted molar refractivity (Wildman–Crippen MR) is 96.9 cm³/mol. The van der Waals surface area contributed by atoms with Crippen molar-refractivity contribution in [3.8, 4) is 0 Å². The number of anilines is 1. The SMILES string of the molecule is C=C1N(Cc2nc3ccccc3[nH]2)c2ccccc2C12CSC2. The van der Waals surface area contributed by atoms with Crippen LogP contribution in [0.1, 0.15) is 11.4 Å². The van der Waals surface area contributed by atoms with Crippen molar-refractivity contribution in [3.05, 3.63) is 72.2 Å². The summed E-state index contributed by atoms with van der Waals surface area (Å²) >= 11 is 2.00. The fraction of sp³-hybridized carbons (Fsp3) is 0.211. The number of nitrogens with one attached hydrogen (secondary N) is 1. The van der Waals surface area contributed by atoms with E-state index in [2.05, 4.69) is 46.8 Å². The van der Waals surface area contributed by atoms with Crippen LogP contribution in [0.25, 0.3) is 11.0 Å². The Morgan fingerprint density at radius 2 is 1.91 bits per heavy atom. The Morgan fingerprint density at radius 1 is 1.13 bits per heavy atom. The van der Waals surface area contributed by atoms with Gasteiger partial charge in [0.2, 0.25) is 0 Å². The fourth-order valence-corrected chi connectivity index (χ4v) is 4.97. The van der Waals surface area contributed by atoms with Crippen LogP contribution in [-0.4, -0.2) is 21.5 Å². The molecule has 23 heavy (non-hydrogen) atoms. The smallest absolute Gasteiger partial charge is 0.127 e. The van der Waals surface area contributed by atoms with Crippen LogP contribution in [-0.2, 0) is 12.0 Å². The molecular weight excluding hydrogens is 302 g/mol. The van der Waals surface area contributed by atoms with E-state index in [1.807, 2.05) is 30.0 Å². The van der Waals surface area contributed by atoms with Crippen molar-refractivity contribution in [3.63, 3.8) is 0 Å². The number of H-pyrrole nitrogens is 1. The van der Waals surface area contributed by atoms with E-state index in [1.165, 1.54) is 16.9 Å². The van der Waals surface area contributed by atoms with Gasteiger partial charge in [-0.15, -0.1) is 0 Å². The van der Waals surface area contributed by atoms with Gasteiger partial charge in [0, 0.05) is 22.9 Å². The first-order chi connectivity index (χ1) is 11.3. The molecule has 4 heteroatoms. The minimum Gasteiger partial charge on any atom is -0.340 e. The summed E-state index contributed by atoms with van der Waals surface area (Å²) in [6.45, 7) is 5.19. The molecule has 114 valence electrons. The lowest BCUT2D eigenvalue weighted by molar-refractivity contribution is 0.621. The summed E-state index contributed by atoms with van der Waals surface area (Å²) in [7, 11) is 0. The molecule has 0 saturated carbocycles. The van der Waals surface area contributed by atoms with Gasteiger partial charge < -0.3 is 9.88 Å². The molecule has 5 rings (SSSR count). The zero-order chi connectivity index (χ0) is 15.4. The van der Waals surface area contributed by atoms with Crippen molar-refractivity contribution in [1.82, 2.24) is 9.97 Å². The van der Waals surface area contributed by atoms with Crippen LogP contribution in [0.15, 0.2) is 60.8 Å². The number of allylic oxidation sites excluding steroid dienone is 1. The van der Waals surface area contributed by atoms with Crippen LogP contribution in [0.4, 0.5) is 5.69 Å². The van der Waals surface area contributed by atoms with Gasteiger partial charge in [0.1, 0.15) is 5.82 Å². The molecule has 2 aliphatic rings. The topological polar surface area (TPSA) is 31.9 Å². The zero-order valence-electron chi connectivity index (χ0n) is 12.7. The van der Waals surface area contributed by atoms with E-state index >= 15 is 0 Å². The standard InChI is InChI=1S/C19H17N3S/c1-13-19(11-23-12-19)14-6-2-5-9-17(14)22(13)10-18-20-15-7-3-4-8-16(15)21-18/h2-9H,1,10-12H2,(H,20,21). The van der Waals surface area contributed by atoms with Gasteiger partial charge in [0.15, 0.2) is 0 Å². The van der Waals surface area contributed by atoms with Crippen molar-refractivity contribution in [2.75, 3.05) is 16.4 Å². The number of thioether (sulfide) groups is 1. The van der Waals surface area contributed by atoms with Gasteiger partial charge in [0.25, 0.3) is 0 Å². The number of benzene rings is 2. The van der Waals surface area contributed by atoms with E-state index in [-0.39, 0.29) is 5.41 Å². The van der Waals surface area contributed by atoms with Gasteiger partial charge in [-0.25, -0.2) is 4.98 Å². The quantitative estimate of drug-likeness (QED) is 0.772. The van der Waals surface area contributed by atoms with E-state index in [0.717, 1.165) is 34.9 Å². The number of nitrogens with zero attached hydrogens (tertiary/aromatic N) is 2. The van der Waals surface area contributed by atoms with Gasteiger partial charge in [-0.05, 0) is 23.8 Å². The third kappa shape index (κ3) is 1.75. The average Bonchev–Trinajstić information content (AvgIpc) is 3.04. The number of fused-ring (bicyclic) bond motifs is 3. The van der Waals surface area contributed by atoms with E-state index < -0.39 is 0 Å². The highest BCUT2D eigenvalue weighted by molar-refractivity contribution is 8.00. The molecule has 1 spiro atoms. The van der Waals surface area contributed by atoms with Gasteiger partial charge in [-0.1, -0.05) is 36.9 Å². The van der Waals surface area contributed by atoms with Crippen LogP contribution in [0.5, 0.6) is 0 Å². The molecule has 3 aromatic rings. The Morgan fingerprint density at radius 3 is 2.70 bits per heavy atom. The van der Waals surface area contributed by atoms with Crippen LogP contribution in [0.3, 0.4) is 0 Å². The average molecular weight is 319 g/mol. The first-order valence-corrected chi connectivity index (χ1v) is 9.01. The largest absolute Gasteiger partial charge is 0.340 e. The van der Waals surface area contributed by atoms with Crippen molar-refractivity contribution in [1.29, 1.82) is 0 Å². The minimum atomic E-state index is 0.146. The van der Waals surface area contributed by atoms with Crippen molar-refractivity contribution < 1.29 is 0 Å². The van der Waals surface area contributed by atoms with Crippen molar-refractivity contribution in [2.45, 2.75) is 12.0 Å². The fourth-order valence-electron chi connectivity index (χ4n) is 3.71. The summed E-state index contributed by atoms with van der Waals surface area (Å²) in [5.74, 6) is 3.27. The summed E-state index contributed by atoms with van der Waals surface area (Å²) in [5.41, 5.74) is 6.20. The molecule has 0 radical (unpaired) electrons. The molecular formula is C19H17N3S. The molecule has 0 bridgehead atoms. The Balaban J connectivity index is 1.56. The molecule has 2 aromatic carbocycles. The maximum Gasteiger partial charge on any atom is 0.127 e. The molecule has 3 nitrogen and oxygen atoms in total. The highest BCUT2D eigenvalue weighted by Gasteiger charge is 2.50. The highest BCUT2D eigenvalue weighted by atomic mass is 32.2. The second kappa shape index (κ2) is 4.65. The lowest BCUT2D eigenvalue weighted by Gasteiger charge is -2.40. The van der Waals surface area contributed by atoms with Gasteiger partial charge in [-0.2, -0.15) is 11.8 Å². The Hall–Kier alpha value is -2.20. The first kappa shape index (κ1) is 13.3. The van der Waals surface area contributed by atoms with E-state index in [9.17, 15) is 0 Å². The van der Waals surface area contributed by atoms with E-state index in [0.29, 0.717) is 0 Å². The number of aromatic amines is 1. The van der Waals surface area contributed by atoms with Gasteiger partial charge in [-0.3, -0.25) is 0 Å². The molecule has 0 unspecified atom stereocenters. The number of para-hydroxylation sites is 3. The Kier molecular flexibility index (Phi) is 2.68. The van der Waals surface area contributed by atoms with Gasteiger partial charge in [0.05, 0.1) is 23.0 Å². The van der Waals surface area contributed by atoms with E-state index in [4.69, 9.17) is 4.98 Å².